The van der Waals surface area contributed by atoms with Crippen molar-refractivity contribution in [3.8, 4) is 23.4 Å². The van der Waals surface area contributed by atoms with Gasteiger partial charge in [0.1, 0.15) is 5.75 Å². The number of hydrogen-bond acceptors (Lipinski definition) is 4. The van der Waals surface area contributed by atoms with Crippen LogP contribution in [-0.4, -0.2) is 11.6 Å². The lowest BCUT2D eigenvalue weighted by molar-refractivity contribution is 0.310. The normalized spacial score (nSPS) is 9.89. The number of aryl methyl sites for hydroxylation is 2. The van der Waals surface area contributed by atoms with Crippen LogP contribution in [0, 0.1) is 11.8 Å². The van der Waals surface area contributed by atoms with Crippen LogP contribution in [0.25, 0.3) is 11.1 Å². The van der Waals surface area contributed by atoms with E-state index in [-0.39, 0.29) is 0 Å². The Morgan fingerprint density at radius 3 is 2.52 bits per heavy atom. The molecule has 0 atom stereocenters. The molecule has 138 valence electrons. The molecular weight excluding hydrogens is 334 g/mol. The van der Waals surface area contributed by atoms with Crippen molar-refractivity contribution < 1.29 is 4.74 Å². The van der Waals surface area contributed by atoms with E-state index in [1.165, 1.54) is 5.56 Å². The van der Waals surface area contributed by atoms with Crippen molar-refractivity contribution in [2.45, 2.75) is 26.2 Å². The smallest absolute Gasteiger partial charge is 0.138 e. The average Bonchev–Trinajstić information content (AvgIpc) is 2.74. The zero-order chi connectivity index (χ0) is 19.5. The van der Waals surface area contributed by atoms with E-state index in [0.717, 1.165) is 47.4 Å². The summed E-state index contributed by atoms with van der Waals surface area (Å²) in [5, 5.41) is 6.50. The molecule has 2 N–H and O–H groups in total. The van der Waals surface area contributed by atoms with Crippen molar-refractivity contribution >= 4 is 5.69 Å². The molecule has 0 unspecified atom stereocenters. The Morgan fingerprint density at radius 1 is 1.00 bits per heavy atom. The zero-order valence-corrected chi connectivity index (χ0v) is 15.6. The van der Waals surface area contributed by atoms with Gasteiger partial charge in [0.25, 0.3) is 0 Å². The van der Waals surface area contributed by atoms with Gasteiger partial charge in [0.2, 0.25) is 0 Å². The lowest BCUT2D eigenvalue weighted by Crippen LogP contribution is -2.00. The summed E-state index contributed by atoms with van der Waals surface area (Å²) in [5.41, 5.74) is 11.5. The fourth-order valence-electron chi connectivity index (χ4n) is 2.86. The van der Waals surface area contributed by atoms with Crippen molar-refractivity contribution in [1.82, 2.24) is 4.98 Å². The summed E-state index contributed by atoms with van der Waals surface area (Å²) in [5.74, 6) is 0.806. The molecule has 4 nitrogen and oxygen atoms in total. The van der Waals surface area contributed by atoms with E-state index in [9.17, 15) is 0 Å². The molecule has 0 aliphatic rings. The van der Waals surface area contributed by atoms with E-state index in [4.69, 9.17) is 15.7 Å². The summed E-state index contributed by atoms with van der Waals surface area (Å²) in [6.45, 7) is 6.29. The van der Waals surface area contributed by atoms with Crippen molar-refractivity contribution in [3.63, 3.8) is 0 Å². The first kappa shape index (κ1) is 20.0. The van der Waals surface area contributed by atoms with Gasteiger partial charge in [-0.05, 0) is 54.2 Å². The molecule has 0 saturated heterocycles. The Balaban J connectivity index is 0.00000126. The maximum Gasteiger partial charge on any atom is 0.138 e. The average molecular weight is 359 g/mol. The van der Waals surface area contributed by atoms with Gasteiger partial charge >= 0.3 is 0 Å². The molecule has 0 fully saturated rings. The molecular formula is C23H25N3O. The minimum absolute atomic E-state index is 0.683. The second-order valence-electron chi connectivity index (χ2n) is 6.11. The summed E-state index contributed by atoms with van der Waals surface area (Å²) >= 11 is 0. The van der Waals surface area contributed by atoms with Crippen LogP contribution in [0.2, 0.25) is 0 Å². The van der Waals surface area contributed by atoms with Crippen LogP contribution in [0.5, 0.6) is 5.75 Å². The lowest BCUT2D eigenvalue weighted by atomic mass is 10.0. The molecule has 0 aliphatic carbocycles. The number of rotatable bonds is 7. The van der Waals surface area contributed by atoms with E-state index in [1.54, 1.807) is 6.20 Å². The van der Waals surface area contributed by atoms with Crippen molar-refractivity contribution in [2.24, 2.45) is 0 Å². The molecule has 1 heterocycles. The number of nitrogens with two attached hydrogens (primary N) is 1. The fourth-order valence-corrected chi connectivity index (χ4v) is 2.86. The Bertz CT molecular complexity index is 860. The third-order valence-electron chi connectivity index (χ3n) is 4.29. The maximum absolute atomic E-state index is 6.50. The lowest BCUT2D eigenvalue weighted by Gasteiger charge is -2.10. The number of nitrogens with zero attached hydrogens (tertiary/aromatic N) is 2. The molecule has 2 aromatic carbocycles. The predicted octanol–water partition coefficient (Wildman–Crippen LogP) is 5.04. The van der Waals surface area contributed by atoms with Gasteiger partial charge in [-0.2, -0.15) is 0 Å². The molecule has 0 bridgehead atoms. The summed E-state index contributed by atoms with van der Waals surface area (Å²) in [6, 6.07) is 18.6. The highest BCUT2D eigenvalue weighted by atomic mass is 16.5. The van der Waals surface area contributed by atoms with E-state index >= 15 is 0 Å². The van der Waals surface area contributed by atoms with Gasteiger partial charge in [0.05, 0.1) is 12.8 Å². The molecule has 27 heavy (non-hydrogen) atoms. The standard InChI is InChI=1S/C22H24N2O.CHN/c1-2-18-13-19(10-11-22(18)23)20-14-21(16-24-15-20)25-12-6-9-17-7-4-3-5-8-17;1-2/h3-5,7-8,10-11,13-16H,2,6,9,12,23H2,1H3;1H. The highest BCUT2D eigenvalue weighted by Crippen LogP contribution is 2.26. The minimum Gasteiger partial charge on any atom is -0.492 e. The summed E-state index contributed by atoms with van der Waals surface area (Å²) in [6.07, 6.45) is 6.55. The maximum atomic E-state index is 6.50. The first-order valence-corrected chi connectivity index (χ1v) is 9.02. The van der Waals surface area contributed by atoms with Crippen LogP contribution in [0.1, 0.15) is 24.5 Å². The predicted molar refractivity (Wildman–Crippen MR) is 110 cm³/mol. The summed E-state index contributed by atoms with van der Waals surface area (Å²) < 4.78 is 5.88. The van der Waals surface area contributed by atoms with E-state index in [0.29, 0.717) is 6.61 Å². The quantitative estimate of drug-likeness (QED) is 0.473. The van der Waals surface area contributed by atoms with Crippen LogP contribution in [-0.2, 0) is 12.8 Å². The Morgan fingerprint density at radius 2 is 1.78 bits per heavy atom. The monoisotopic (exact) mass is 359 g/mol. The number of ether oxygens (including phenoxy) is 1. The van der Waals surface area contributed by atoms with Crippen molar-refractivity contribution in [3.05, 3.63) is 78.1 Å². The molecule has 0 aliphatic heterocycles. The van der Waals surface area contributed by atoms with E-state index in [1.807, 2.05) is 30.5 Å². The van der Waals surface area contributed by atoms with Crippen LogP contribution < -0.4 is 10.5 Å². The van der Waals surface area contributed by atoms with Crippen molar-refractivity contribution in [2.75, 3.05) is 12.3 Å². The van der Waals surface area contributed by atoms with Gasteiger partial charge in [0.15, 0.2) is 0 Å². The Hall–Kier alpha value is -3.32. The van der Waals surface area contributed by atoms with E-state index in [2.05, 4.69) is 48.8 Å². The molecule has 0 amide bonds. The number of anilines is 1. The van der Waals surface area contributed by atoms with Crippen LogP contribution in [0.3, 0.4) is 0 Å². The molecule has 3 rings (SSSR count). The van der Waals surface area contributed by atoms with Gasteiger partial charge in [-0.25, -0.2) is 5.26 Å². The summed E-state index contributed by atoms with van der Waals surface area (Å²) in [7, 11) is 0. The molecule has 0 spiro atoms. The largest absolute Gasteiger partial charge is 0.492 e. The number of hydrogen-bond donors (Lipinski definition) is 1. The first-order chi connectivity index (χ1) is 13.3. The topological polar surface area (TPSA) is 71.9 Å². The fraction of sp³-hybridized carbons (Fsp3) is 0.217. The third-order valence-corrected chi connectivity index (χ3v) is 4.29. The number of benzene rings is 2. The Kier molecular flexibility index (Phi) is 7.87. The van der Waals surface area contributed by atoms with Crippen LogP contribution >= 0.6 is 0 Å². The SMILES string of the molecule is C#N.CCc1cc(-c2cncc(OCCCc3ccccc3)c2)ccc1N. The van der Waals surface area contributed by atoms with Crippen molar-refractivity contribution in [1.29, 1.82) is 5.26 Å². The molecule has 4 heteroatoms. The minimum atomic E-state index is 0.683. The Labute approximate surface area is 161 Å². The van der Waals surface area contributed by atoms with Gasteiger partial charge in [-0.15, -0.1) is 0 Å². The second kappa shape index (κ2) is 10.6. The second-order valence-corrected chi connectivity index (χ2v) is 6.11. The van der Waals surface area contributed by atoms with Gasteiger partial charge in [0, 0.05) is 24.0 Å². The summed E-state index contributed by atoms with van der Waals surface area (Å²) in [4.78, 5) is 4.32. The van der Waals surface area contributed by atoms with Gasteiger partial charge in [-0.1, -0.05) is 43.3 Å². The number of nitrogen functional groups attached to an aromatic ring is 1. The van der Waals surface area contributed by atoms with Gasteiger partial charge < -0.3 is 10.5 Å². The number of aromatic nitrogens is 1. The van der Waals surface area contributed by atoms with Crippen LogP contribution in [0.4, 0.5) is 5.69 Å². The number of pyridine rings is 1. The molecule has 0 saturated carbocycles. The number of nitriles is 1. The highest BCUT2D eigenvalue weighted by Gasteiger charge is 2.04. The van der Waals surface area contributed by atoms with Gasteiger partial charge in [-0.3, -0.25) is 4.98 Å². The van der Waals surface area contributed by atoms with E-state index < -0.39 is 0 Å². The molecule has 0 radical (unpaired) electrons. The first-order valence-electron chi connectivity index (χ1n) is 9.02. The molecule has 3 aromatic rings. The van der Waals surface area contributed by atoms with Crippen LogP contribution in [0.15, 0.2) is 67.0 Å². The zero-order valence-electron chi connectivity index (χ0n) is 15.6. The third kappa shape index (κ3) is 5.86. The molecule has 1 aromatic heterocycles. The highest BCUT2D eigenvalue weighted by molar-refractivity contribution is 5.68.